The smallest absolute Gasteiger partial charge is 0.241 e. The van der Waals surface area contributed by atoms with Gasteiger partial charge >= 0.3 is 0 Å². The second-order valence-electron chi connectivity index (χ2n) is 6.07. The number of aromatic nitrogens is 1. The van der Waals surface area contributed by atoms with Crippen molar-refractivity contribution >= 4 is 42.4 Å². The predicted molar refractivity (Wildman–Crippen MR) is 101 cm³/mol. The highest BCUT2D eigenvalue weighted by Crippen LogP contribution is 2.29. The number of thiazole rings is 1. The molecule has 0 aliphatic rings. The number of benzene rings is 2. The lowest BCUT2D eigenvalue weighted by Crippen LogP contribution is -2.22. The number of sulfone groups is 1. The van der Waals surface area contributed by atoms with E-state index in [0.29, 0.717) is 5.13 Å². The first-order valence-corrected chi connectivity index (χ1v) is 10.2. The molecule has 0 fully saturated rings. The van der Waals surface area contributed by atoms with Crippen LogP contribution in [0.15, 0.2) is 41.3 Å². The van der Waals surface area contributed by atoms with E-state index in [1.54, 1.807) is 12.1 Å². The average Bonchev–Trinajstić information content (AvgIpc) is 2.89. The van der Waals surface area contributed by atoms with Gasteiger partial charge in [0.25, 0.3) is 0 Å². The van der Waals surface area contributed by atoms with Crippen LogP contribution in [0.4, 0.5) is 5.13 Å². The third kappa shape index (κ3) is 3.88. The monoisotopic (exact) mass is 374 g/mol. The minimum atomic E-state index is -3.68. The number of nitrogens with one attached hydrogen (secondary N) is 1. The predicted octanol–water partition coefficient (Wildman–Crippen LogP) is 3.63. The summed E-state index contributed by atoms with van der Waals surface area (Å²) in [4.78, 5) is 16.7. The molecule has 7 heteroatoms. The number of hydrogen-bond acceptors (Lipinski definition) is 5. The van der Waals surface area contributed by atoms with Crippen LogP contribution >= 0.6 is 11.3 Å². The van der Waals surface area contributed by atoms with Gasteiger partial charge in [-0.1, -0.05) is 35.1 Å². The van der Waals surface area contributed by atoms with Crippen molar-refractivity contribution in [2.75, 3.05) is 11.1 Å². The Balaban J connectivity index is 1.78. The molecule has 0 radical (unpaired) electrons. The fourth-order valence-corrected chi connectivity index (χ4v) is 4.65. The molecule has 2 aromatic carbocycles. The third-order valence-electron chi connectivity index (χ3n) is 3.77. The second-order valence-corrected chi connectivity index (χ2v) is 9.06. The number of nitrogens with zero attached hydrogens (tertiary/aromatic N) is 1. The minimum absolute atomic E-state index is 0.143. The number of hydrogen-bond donors (Lipinski definition) is 1. The summed E-state index contributed by atoms with van der Waals surface area (Å²) in [6.07, 6.45) is 0. The maximum absolute atomic E-state index is 12.3. The molecule has 1 amide bonds. The lowest BCUT2D eigenvalue weighted by Gasteiger charge is -2.04. The van der Waals surface area contributed by atoms with Crippen molar-refractivity contribution in [2.45, 2.75) is 25.7 Å². The molecule has 0 atom stereocenters. The Morgan fingerprint density at radius 1 is 1.08 bits per heavy atom. The molecule has 0 aliphatic carbocycles. The molecule has 130 valence electrons. The zero-order valence-electron chi connectivity index (χ0n) is 14.2. The molecular weight excluding hydrogens is 356 g/mol. The van der Waals surface area contributed by atoms with Gasteiger partial charge in [0.05, 0.1) is 15.1 Å². The van der Waals surface area contributed by atoms with Crippen molar-refractivity contribution < 1.29 is 13.2 Å². The summed E-state index contributed by atoms with van der Waals surface area (Å²) in [5.74, 6) is -1.20. The molecule has 0 aliphatic heterocycles. The van der Waals surface area contributed by atoms with Gasteiger partial charge in [-0.05, 0) is 50.1 Å². The van der Waals surface area contributed by atoms with Gasteiger partial charge in [0.2, 0.25) is 5.91 Å². The highest BCUT2D eigenvalue weighted by atomic mass is 32.2. The molecule has 3 aromatic rings. The summed E-state index contributed by atoms with van der Waals surface area (Å²) in [6, 6.07) is 10.4. The van der Waals surface area contributed by atoms with Crippen LogP contribution < -0.4 is 5.32 Å². The number of carbonyl (C=O) groups is 1. The highest BCUT2D eigenvalue weighted by Gasteiger charge is 2.20. The van der Waals surface area contributed by atoms with E-state index in [-0.39, 0.29) is 4.90 Å². The Kier molecular flexibility index (Phi) is 4.62. The van der Waals surface area contributed by atoms with Gasteiger partial charge in [0.15, 0.2) is 15.0 Å². The fourth-order valence-electron chi connectivity index (χ4n) is 2.59. The third-order valence-corrected chi connectivity index (χ3v) is 6.52. The normalized spacial score (nSPS) is 11.6. The lowest BCUT2D eigenvalue weighted by molar-refractivity contribution is -0.113. The van der Waals surface area contributed by atoms with E-state index < -0.39 is 21.5 Å². The first-order chi connectivity index (χ1) is 11.7. The molecule has 0 spiro atoms. The van der Waals surface area contributed by atoms with Crippen molar-refractivity contribution in [2.24, 2.45) is 0 Å². The number of rotatable bonds is 4. The van der Waals surface area contributed by atoms with Crippen LogP contribution in [0.1, 0.15) is 16.7 Å². The van der Waals surface area contributed by atoms with E-state index in [9.17, 15) is 13.2 Å². The molecule has 25 heavy (non-hydrogen) atoms. The molecule has 1 N–H and O–H groups in total. The van der Waals surface area contributed by atoms with Gasteiger partial charge < -0.3 is 5.32 Å². The molecule has 3 rings (SSSR count). The summed E-state index contributed by atoms with van der Waals surface area (Å²) in [5, 5.41) is 3.01. The fraction of sp³-hybridized carbons (Fsp3) is 0.222. The number of amides is 1. The van der Waals surface area contributed by atoms with E-state index in [1.165, 1.54) is 23.5 Å². The Hall–Kier alpha value is -2.25. The molecule has 5 nitrogen and oxygen atoms in total. The number of aryl methyl sites for hydroxylation is 3. The summed E-state index contributed by atoms with van der Waals surface area (Å²) < 4.78 is 25.7. The van der Waals surface area contributed by atoms with Gasteiger partial charge in [0, 0.05) is 0 Å². The second kappa shape index (κ2) is 6.57. The zero-order chi connectivity index (χ0) is 18.2. The standard InChI is InChI=1S/C18H18N2O3S2/c1-11-4-6-14(7-5-11)25(22,23)10-16(21)20-18-19-15-9-12(2)8-13(3)17(15)24-18/h4-9H,10H2,1-3H3,(H,19,20,21). The zero-order valence-corrected chi connectivity index (χ0v) is 15.8. The van der Waals surface area contributed by atoms with E-state index in [4.69, 9.17) is 0 Å². The molecular formula is C18H18N2O3S2. The van der Waals surface area contributed by atoms with Crippen LogP contribution in [0, 0.1) is 20.8 Å². The van der Waals surface area contributed by atoms with Crippen molar-refractivity contribution in [1.82, 2.24) is 4.98 Å². The van der Waals surface area contributed by atoms with Crippen LogP contribution in [0.3, 0.4) is 0 Å². The number of carbonyl (C=O) groups excluding carboxylic acids is 1. The van der Waals surface area contributed by atoms with E-state index in [1.807, 2.05) is 32.9 Å². The highest BCUT2D eigenvalue weighted by molar-refractivity contribution is 7.92. The molecule has 0 bridgehead atoms. The maximum Gasteiger partial charge on any atom is 0.241 e. The SMILES string of the molecule is Cc1ccc(S(=O)(=O)CC(=O)Nc2nc3cc(C)cc(C)c3s2)cc1. The van der Waals surface area contributed by atoms with E-state index >= 15 is 0 Å². The van der Waals surface area contributed by atoms with Crippen molar-refractivity contribution in [1.29, 1.82) is 0 Å². The number of anilines is 1. The van der Waals surface area contributed by atoms with Gasteiger partial charge in [-0.25, -0.2) is 13.4 Å². The van der Waals surface area contributed by atoms with Crippen LogP contribution in [0.2, 0.25) is 0 Å². The summed E-state index contributed by atoms with van der Waals surface area (Å²) in [7, 11) is -3.68. The van der Waals surface area contributed by atoms with Crippen molar-refractivity contribution in [3.8, 4) is 0 Å². The Bertz CT molecular complexity index is 1050. The molecule has 1 heterocycles. The van der Waals surface area contributed by atoms with Crippen LogP contribution in [-0.4, -0.2) is 25.1 Å². The van der Waals surface area contributed by atoms with Crippen LogP contribution in [-0.2, 0) is 14.6 Å². The van der Waals surface area contributed by atoms with Gasteiger partial charge in [-0.2, -0.15) is 0 Å². The maximum atomic E-state index is 12.3. The van der Waals surface area contributed by atoms with Crippen LogP contribution in [0.5, 0.6) is 0 Å². The molecule has 1 aromatic heterocycles. The van der Waals surface area contributed by atoms with Crippen molar-refractivity contribution in [3.63, 3.8) is 0 Å². The first-order valence-electron chi connectivity index (χ1n) is 7.72. The summed E-state index contributed by atoms with van der Waals surface area (Å²) in [5.41, 5.74) is 3.94. The quantitative estimate of drug-likeness (QED) is 0.756. The van der Waals surface area contributed by atoms with Gasteiger partial charge in [-0.15, -0.1) is 0 Å². The summed E-state index contributed by atoms with van der Waals surface area (Å²) in [6.45, 7) is 5.85. The molecule has 0 unspecified atom stereocenters. The van der Waals surface area contributed by atoms with Gasteiger partial charge in [0.1, 0.15) is 5.75 Å². The first kappa shape index (κ1) is 17.6. The Labute approximate surface area is 150 Å². The molecule has 0 saturated carbocycles. The van der Waals surface area contributed by atoms with Gasteiger partial charge in [-0.3, -0.25) is 4.79 Å². The average molecular weight is 374 g/mol. The molecule has 0 saturated heterocycles. The Morgan fingerprint density at radius 2 is 1.76 bits per heavy atom. The van der Waals surface area contributed by atoms with Crippen LogP contribution in [0.25, 0.3) is 10.2 Å². The Morgan fingerprint density at radius 3 is 2.44 bits per heavy atom. The minimum Gasteiger partial charge on any atom is -0.301 e. The summed E-state index contributed by atoms with van der Waals surface area (Å²) >= 11 is 1.35. The topological polar surface area (TPSA) is 76.1 Å². The number of fused-ring (bicyclic) bond motifs is 1. The lowest BCUT2D eigenvalue weighted by atomic mass is 10.1. The van der Waals surface area contributed by atoms with E-state index in [0.717, 1.165) is 26.9 Å². The largest absolute Gasteiger partial charge is 0.301 e. The van der Waals surface area contributed by atoms with Crippen molar-refractivity contribution in [3.05, 3.63) is 53.1 Å². The van der Waals surface area contributed by atoms with E-state index in [2.05, 4.69) is 10.3 Å².